The summed E-state index contributed by atoms with van der Waals surface area (Å²) in [7, 11) is 5.27. The Labute approximate surface area is 79.6 Å². The van der Waals surface area contributed by atoms with Crippen molar-refractivity contribution in [3.63, 3.8) is 0 Å². The zero-order chi connectivity index (χ0) is 9.84. The predicted octanol–water partition coefficient (Wildman–Crippen LogP) is 0.571. The van der Waals surface area contributed by atoms with Crippen LogP contribution >= 0.6 is 0 Å². The first kappa shape index (κ1) is 9.71. The van der Waals surface area contributed by atoms with Crippen LogP contribution in [0.15, 0.2) is 24.8 Å². The van der Waals surface area contributed by atoms with Crippen molar-refractivity contribution in [2.45, 2.75) is 0 Å². The SMILES string of the molecule is Bc1ccc(OC)cc1C(=C)OC. The largest absolute Gasteiger partial charge is 0.497 e. The number of ether oxygens (including phenoxy) is 2. The van der Waals surface area contributed by atoms with Gasteiger partial charge in [-0.25, -0.2) is 0 Å². The maximum atomic E-state index is 5.11. The molecular weight excluding hydrogens is 163 g/mol. The Morgan fingerprint density at radius 3 is 2.62 bits per heavy atom. The summed E-state index contributed by atoms with van der Waals surface area (Å²) in [4.78, 5) is 0. The fourth-order valence-electron chi connectivity index (χ4n) is 1.14. The molecule has 0 fully saturated rings. The maximum Gasteiger partial charge on any atom is 0.140 e. The van der Waals surface area contributed by atoms with Crippen molar-refractivity contribution in [3.05, 3.63) is 30.3 Å². The van der Waals surface area contributed by atoms with Crippen LogP contribution in [0.1, 0.15) is 5.56 Å². The highest BCUT2D eigenvalue weighted by molar-refractivity contribution is 6.34. The van der Waals surface area contributed by atoms with Gasteiger partial charge in [0.25, 0.3) is 0 Å². The third kappa shape index (κ3) is 2.05. The van der Waals surface area contributed by atoms with Crippen LogP contribution in [0.2, 0.25) is 0 Å². The summed E-state index contributed by atoms with van der Waals surface area (Å²) in [6.45, 7) is 3.80. The Balaban J connectivity index is 3.11. The van der Waals surface area contributed by atoms with Crippen LogP contribution in [-0.2, 0) is 4.74 Å². The van der Waals surface area contributed by atoms with E-state index in [1.807, 2.05) is 26.0 Å². The van der Waals surface area contributed by atoms with E-state index in [4.69, 9.17) is 9.47 Å². The number of hydrogen-bond donors (Lipinski definition) is 0. The van der Waals surface area contributed by atoms with Crippen molar-refractivity contribution in [3.8, 4) is 5.75 Å². The standard InChI is InChI=1S/C10H13BO2/c1-7(12-2)9-6-8(13-3)4-5-10(9)11/h4-6H,1,11H2,2-3H3. The van der Waals surface area contributed by atoms with E-state index in [1.54, 1.807) is 14.2 Å². The summed E-state index contributed by atoms with van der Waals surface area (Å²) in [5.74, 6) is 1.48. The van der Waals surface area contributed by atoms with Crippen LogP contribution < -0.4 is 10.2 Å². The summed E-state index contributed by atoms with van der Waals surface area (Å²) in [6, 6.07) is 5.82. The van der Waals surface area contributed by atoms with Crippen molar-refractivity contribution >= 4 is 19.1 Å². The molecule has 68 valence electrons. The minimum absolute atomic E-state index is 0.663. The molecule has 0 saturated heterocycles. The van der Waals surface area contributed by atoms with Gasteiger partial charge < -0.3 is 9.47 Å². The quantitative estimate of drug-likeness (QED) is 0.495. The molecule has 0 aliphatic heterocycles. The normalized spacial score (nSPS) is 9.38. The molecule has 0 spiro atoms. The monoisotopic (exact) mass is 176 g/mol. The van der Waals surface area contributed by atoms with Crippen molar-refractivity contribution < 1.29 is 9.47 Å². The highest BCUT2D eigenvalue weighted by Crippen LogP contribution is 2.16. The second kappa shape index (κ2) is 4.03. The fourth-order valence-corrected chi connectivity index (χ4v) is 1.14. The topological polar surface area (TPSA) is 18.5 Å². The molecule has 1 aromatic carbocycles. The highest BCUT2D eigenvalue weighted by atomic mass is 16.5. The van der Waals surface area contributed by atoms with Crippen LogP contribution in [0.5, 0.6) is 5.75 Å². The summed E-state index contributed by atoms with van der Waals surface area (Å²) in [5, 5.41) is 0. The summed E-state index contributed by atoms with van der Waals surface area (Å²) in [5.41, 5.74) is 2.12. The lowest BCUT2D eigenvalue weighted by molar-refractivity contribution is 0.371. The second-order valence-electron chi connectivity index (χ2n) is 2.81. The molecule has 0 aliphatic rings. The summed E-state index contributed by atoms with van der Waals surface area (Å²) < 4.78 is 10.2. The lowest BCUT2D eigenvalue weighted by Gasteiger charge is -2.09. The van der Waals surface area contributed by atoms with E-state index in [2.05, 4.69) is 6.58 Å². The lowest BCUT2D eigenvalue weighted by atomic mass is 9.90. The molecule has 13 heavy (non-hydrogen) atoms. The minimum Gasteiger partial charge on any atom is -0.497 e. The molecule has 2 nitrogen and oxygen atoms in total. The van der Waals surface area contributed by atoms with Crippen LogP contribution in [0.4, 0.5) is 0 Å². The molecule has 0 bridgehead atoms. The molecule has 0 unspecified atom stereocenters. The third-order valence-electron chi connectivity index (χ3n) is 1.99. The first-order valence-electron chi connectivity index (χ1n) is 4.07. The van der Waals surface area contributed by atoms with Gasteiger partial charge in [0.1, 0.15) is 19.4 Å². The molecule has 3 heteroatoms. The van der Waals surface area contributed by atoms with Crippen molar-refractivity contribution in [2.75, 3.05) is 14.2 Å². The molecule has 0 heterocycles. The zero-order valence-corrected chi connectivity index (χ0v) is 8.26. The van der Waals surface area contributed by atoms with Crippen molar-refractivity contribution in [2.24, 2.45) is 0 Å². The van der Waals surface area contributed by atoms with E-state index in [0.29, 0.717) is 5.76 Å². The Hall–Kier alpha value is -1.38. The molecular formula is C10H13BO2. The van der Waals surface area contributed by atoms with Gasteiger partial charge in [0.2, 0.25) is 0 Å². The molecule has 0 aromatic heterocycles. The molecule has 0 radical (unpaired) electrons. The number of methoxy groups -OCH3 is 2. The van der Waals surface area contributed by atoms with Crippen LogP contribution in [0.25, 0.3) is 5.76 Å². The smallest absolute Gasteiger partial charge is 0.140 e. The predicted molar refractivity (Wildman–Crippen MR) is 57.2 cm³/mol. The Bertz CT molecular complexity index is 321. The maximum absolute atomic E-state index is 5.11. The summed E-state index contributed by atoms with van der Waals surface area (Å²) >= 11 is 0. The first-order valence-corrected chi connectivity index (χ1v) is 4.07. The van der Waals surface area contributed by atoms with E-state index in [0.717, 1.165) is 16.8 Å². The number of benzene rings is 1. The molecule has 0 aliphatic carbocycles. The summed E-state index contributed by atoms with van der Waals surface area (Å²) in [6.07, 6.45) is 0. The Kier molecular flexibility index (Phi) is 3.01. The van der Waals surface area contributed by atoms with E-state index in [-0.39, 0.29) is 0 Å². The molecule has 1 aromatic rings. The van der Waals surface area contributed by atoms with Crippen LogP contribution in [0, 0.1) is 0 Å². The van der Waals surface area contributed by atoms with E-state index in [9.17, 15) is 0 Å². The molecule has 0 amide bonds. The molecule has 0 atom stereocenters. The van der Waals surface area contributed by atoms with E-state index in [1.165, 1.54) is 0 Å². The third-order valence-corrected chi connectivity index (χ3v) is 1.99. The van der Waals surface area contributed by atoms with E-state index < -0.39 is 0 Å². The van der Waals surface area contributed by atoms with Crippen molar-refractivity contribution in [1.29, 1.82) is 0 Å². The molecule has 0 N–H and O–H groups in total. The van der Waals surface area contributed by atoms with Gasteiger partial charge in [-0.05, 0) is 12.1 Å². The van der Waals surface area contributed by atoms with Crippen LogP contribution in [0.3, 0.4) is 0 Å². The Morgan fingerprint density at radius 2 is 2.08 bits per heavy atom. The zero-order valence-electron chi connectivity index (χ0n) is 8.26. The molecule has 1 rings (SSSR count). The fraction of sp³-hybridized carbons (Fsp3) is 0.200. The van der Waals surface area contributed by atoms with Gasteiger partial charge in [-0.2, -0.15) is 0 Å². The number of rotatable bonds is 3. The van der Waals surface area contributed by atoms with Gasteiger partial charge in [-0.3, -0.25) is 0 Å². The Morgan fingerprint density at radius 1 is 1.38 bits per heavy atom. The minimum atomic E-state index is 0.663. The first-order chi connectivity index (χ1) is 6.19. The van der Waals surface area contributed by atoms with Gasteiger partial charge >= 0.3 is 0 Å². The highest BCUT2D eigenvalue weighted by Gasteiger charge is 2.03. The van der Waals surface area contributed by atoms with Gasteiger partial charge in [0, 0.05) is 5.56 Å². The van der Waals surface area contributed by atoms with E-state index >= 15 is 0 Å². The lowest BCUT2D eigenvalue weighted by Crippen LogP contribution is -2.09. The number of hydrogen-bond acceptors (Lipinski definition) is 2. The van der Waals surface area contributed by atoms with Gasteiger partial charge in [0.15, 0.2) is 0 Å². The average Bonchev–Trinajstić information content (AvgIpc) is 2.17. The van der Waals surface area contributed by atoms with Crippen LogP contribution in [-0.4, -0.2) is 22.1 Å². The second-order valence-corrected chi connectivity index (χ2v) is 2.81. The van der Waals surface area contributed by atoms with Gasteiger partial charge in [0.05, 0.1) is 14.2 Å². The average molecular weight is 176 g/mol. The van der Waals surface area contributed by atoms with Gasteiger partial charge in [-0.1, -0.05) is 18.1 Å². The van der Waals surface area contributed by atoms with Crippen molar-refractivity contribution in [1.82, 2.24) is 0 Å². The molecule has 0 saturated carbocycles. The van der Waals surface area contributed by atoms with Gasteiger partial charge in [-0.15, -0.1) is 0 Å².